The van der Waals surface area contributed by atoms with E-state index in [1.54, 1.807) is 24.0 Å². The number of hydrogen-bond acceptors (Lipinski definition) is 4. The number of fused-ring (bicyclic) bond motifs is 1. The van der Waals surface area contributed by atoms with Crippen LogP contribution in [0.15, 0.2) is 72.0 Å². The van der Waals surface area contributed by atoms with Gasteiger partial charge in [0.25, 0.3) is 0 Å². The van der Waals surface area contributed by atoms with Crippen LogP contribution in [-0.4, -0.2) is 52.5 Å². The van der Waals surface area contributed by atoms with Gasteiger partial charge in [-0.25, -0.2) is 8.78 Å². The zero-order valence-corrected chi connectivity index (χ0v) is 25.1. The van der Waals surface area contributed by atoms with Crippen LogP contribution in [0, 0.1) is 23.0 Å². The molecule has 1 aliphatic carbocycles. The van der Waals surface area contributed by atoms with Crippen LogP contribution >= 0.6 is 0 Å². The maximum absolute atomic E-state index is 14.2. The molecule has 1 unspecified atom stereocenters. The molecule has 0 saturated heterocycles. The van der Waals surface area contributed by atoms with E-state index in [0.29, 0.717) is 30.8 Å². The fourth-order valence-corrected chi connectivity index (χ4v) is 6.27. The number of amides is 2. The molecule has 1 heterocycles. The third-order valence-corrected chi connectivity index (χ3v) is 8.18. The summed E-state index contributed by atoms with van der Waals surface area (Å²) in [6.07, 6.45) is 5.70. The van der Waals surface area contributed by atoms with Gasteiger partial charge in [-0.05, 0) is 73.4 Å². The Morgan fingerprint density at radius 2 is 1.77 bits per heavy atom. The molecule has 1 aliphatic rings. The van der Waals surface area contributed by atoms with Gasteiger partial charge in [0.15, 0.2) is 0 Å². The topological polar surface area (TPSA) is 111 Å². The minimum Gasteiger partial charge on any atom is -0.391 e. The van der Waals surface area contributed by atoms with Crippen LogP contribution in [-0.2, 0) is 22.6 Å². The molecule has 1 aromatic heterocycles. The number of hydrogen-bond donors (Lipinski definition) is 4. The summed E-state index contributed by atoms with van der Waals surface area (Å²) in [5.41, 5.74) is 8.00. The van der Waals surface area contributed by atoms with Gasteiger partial charge in [-0.2, -0.15) is 0 Å². The molecule has 7 nitrogen and oxygen atoms in total. The highest BCUT2D eigenvalue weighted by molar-refractivity contribution is 5.97. The van der Waals surface area contributed by atoms with E-state index in [2.05, 4.69) is 10.3 Å². The van der Waals surface area contributed by atoms with Crippen molar-refractivity contribution in [3.05, 3.63) is 94.7 Å². The van der Waals surface area contributed by atoms with Crippen molar-refractivity contribution in [3.8, 4) is 0 Å². The maximum Gasteiger partial charge on any atom is 0.249 e. The number of aromatic amines is 1. The summed E-state index contributed by atoms with van der Waals surface area (Å²) in [6, 6.07) is 11.2. The maximum atomic E-state index is 14.2. The number of nitrogens with two attached hydrogens (primary N) is 1. The van der Waals surface area contributed by atoms with Crippen LogP contribution in [0.2, 0.25) is 0 Å². The van der Waals surface area contributed by atoms with E-state index in [1.165, 1.54) is 12.1 Å². The minimum absolute atomic E-state index is 0.0224. The summed E-state index contributed by atoms with van der Waals surface area (Å²) >= 11 is 0. The number of rotatable bonds is 14. The number of nitrogens with one attached hydrogen (secondary N) is 2. The zero-order chi connectivity index (χ0) is 31.1. The van der Waals surface area contributed by atoms with Crippen LogP contribution in [0.25, 0.3) is 10.9 Å². The molecule has 5 N–H and O–H groups in total. The summed E-state index contributed by atoms with van der Waals surface area (Å²) < 4.78 is 28.5. The lowest BCUT2D eigenvalue weighted by Gasteiger charge is -2.42. The van der Waals surface area contributed by atoms with Gasteiger partial charge < -0.3 is 26.0 Å². The van der Waals surface area contributed by atoms with Gasteiger partial charge >= 0.3 is 0 Å². The van der Waals surface area contributed by atoms with E-state index >= 15 is 0 Å². The standard InChI is InChI=1S/C34H42F2N4O3/c1-4-10-40(11-5-2)32(42)26-12-22(3)18-34(19-26,33(37)43)29(15-24-13-27(35)17-28(36)14-24)31(41)21-38-20-23-6-7-25-8-9-39-30(25)16-23/h6-9,12-14,16-18,29,31,38-39,41H,4-5,10-11,15,19-21H2,1-3H3,(H2,37,43)/t29-,31+,34?/m1/s1. The van der Waals surface area contributed by atoms with E-state index in [9.17, 15) is 23.5 Å². The highest BCUT2D eigenvalue weighted by atomic mass is 19.1. The molecule has 4 rings (SSSR count). The SMILES string of the molecule is CCCN(CCC)C(=O)C1=CC(C)=CC(C(N)=O)([C@H](Cc2cc(F)cc(F)c2)[C@@H](O)CNCc2ccc3cc[nH]c3c2)C1. The Kier molecular flexibility index (Phi) is 10.5. The van der Waals surface area contributed by atoms with Crippen molar-refractivity contribution in [2.75, 3.05) is 19.6 Å². The smallest absolute Gasteiger partial charge is 0.249 e. The van der Waals surface area contributed by atoms with Gasteiger partial charge in [0.1, 0.15) is 11.6 Å². The second-order valence-electron chi connectivity index (χ2n) is 11.6. The van der Waals surface area contributed by atoms with Crippen LogP contribution in [0.4, 0.5) is 8.78 Å². The van der Waals surface area contributed by atoms with E-state index in [0.717, 1.165) is 35.4 Å². The molecule has 43 heavy (non-hydrogen) atoms. The predicted molar refractivity (Wildman–Crippen MR) is 165 cm³/mol. The van der Waals surface area contributed by atoms with E-state index in [4.69, 9.17) is 5.73 Å². The molecule has 9 heteroatoms. The number of nitrogens with zero attached hydrogens (tertiary/aromatic N) is 1. The quantitative estimate of drug-likeness (QED) is 0.207. The first-order valence-corrected chi connectivity index (χ1v) is 14.9. The first kappa shape index (κ1) is 32.1. The Bertz CT molecular complexity index is 1490. The Hall–Kier alpha value is -3.82. The molecule has 0 fully saturated rings. The van der Waals surface area contributed by atoms with Crippen LogP contribution in [0.5, 0.6) is 0 Å². The van der Waals surface area contributed by atoms with Gasteiger partial charge in [-0.3, -0.25) is 9.59 Å². The van der Waals surface area contributed by atoms with Crippen molar-refractivity contribution in [3.63, 3.8) is 0 Å². The Morgan fingerprint density at radius 1 is 1.07 bits per heavy atom. The van der Waals surface area contributed by atoms with Gasteiger partial charge in [-0.1, -0.05) is 43.7 Å². The predicted octanol–water partition coefficient (Wildman–Crippen LogP) is 5.15. The van der Waals surface area contributed by atoms with Crippen molar-refractivity contribution in [2.45, 2.75) is 59.1 Å². The average molecular weight is 593 g/mol. The second-order valence-corrected chi connectivity index (χ2v) is 11.6. The van der Waals surface area contributed by atoms with Gasteiger partial charge in [-0.15, -0.1) is 0 Å². The molecule has 0 radical (unpaired) electrons. The van der Waals surface area contributed by atoms with Gasteiger partial charge in [0.05, 0.1) is 11.5 Å². The number of carbonyl (C=O) groups excluding carboxylic acids is 2. The molecule has 230 valence electrons. The highest BCUT2D eigenvalue weighted by Crippen LogP contribution is 2.44. The second kappa shape index (κ2) is 14.1. The van der Waals surface area contributed by atoms with E-state index in [1.807, 2.05) is 44.3 Å². The van der Waals surface area contributed by atoms with Gasteiger partial charge in [0.2, 0.25) is 11.8 Å². The van der Waals surface area contributed by atoms with E-state index in [-0.39, 0.29) is 30.9 Å². The molecule has 2 amide bonds. The van der Waals surface area contributed by atoms with Crippen LogP contribution in [0.3, 0.4) is 0 Å². The number of benzene rings is 2. The number of primary amides is 1. The summed E-state index contributed by atoms with van der Waals surface area (Å²) in [5, 5.41) is 16.0. The highest BCUT2D eigenvalue weighted by Gasteiger charge is 2.48. The minimum atomic E-state index is -1.47. The Balaban J connectivity index is 1.65. The summed E-state index contributed by atoms with van der Waals surface area (Å²) in [4.78, 5) is 32.0. The molecule has 0 spiro atoms. The first-order chi connectivity index (χ1) is 20.6. The molecule has 2 aromatic carbocycles. The third kappa shape index (κ3) is 7.58. The molecular weight excluding hydrogens is 550 g/mol. The molecule has 0 aliphatic heterocycles. The number of H-pyrrole nitrogens is 1. The summed E-state index contributed by atoms with van der Waals surface area (Å²) in [6.45, 7) is 7.45. The lowest BCUT2D eigenvalue weighted by atomic mass is 9.63. The number of halogens is 2. The first-order valence-electron chi connectivity index (χ1n) is 14.9. The van der Waals surface area contributed by atoms with Crippen LogP contribution < -0.4 is 11.1 Å². The number of aromatic nitrogens is 1. The lowest BCUT2D eigenvalue weighted by Crippen LogP contribution is -2.51. The fraction of sp³-hybridized carbons (Fsp3) is 0.412. The average Bonchev–Trinajstić information content (AvgIpc) is 3.42. The summed E-state index contributed by atoms with van der Waals surface area (Å²) in [5.74, 6) is -3.28. The fourth-order valence-electron chi connectivity index (χ4n) is 6.27. The summed E-state index contributed by atoms with van der Waals surface area (Å²) in [7, 11) is 0. The van der Waals surface area contributed by atoms with Gasteiger partial charge in [0, 0.05) is 55.4 Å². The van der Waals surface area contributed by atoms with Crippen molar-refractivity contribution >= 4 is 22.7 Å². The van der Waals surface area contributed by atoms with E-state index < -0.39 is 35.0 Å². The normalized spacial score (nSPS) is 18.2. The molecule has 3 atom stereocenters. The lowest BCUT2D eigenvalue weighted by molar-refractivity contribution is -0.132. The van der Waals surface area contributed by atoms with Crippen molar-refractivity contribution in [2.24, 2.45) is 17.1 Å². The molecule has 0 bridgehead atoms. The molecule has 0 saturated carbocycles. The van der Waals surface area contributed by atoms with Crippen molar-refractivity contribution in [1.29, 1.82) is 0 Å². The largest absolute Gasteiger partial charge is 0.391 e. The number of carbonyl (C=O) groups is 2. The third-order valence-electron chi connectivity index (χ3n) is 8.18. The molecule has 3 aromatic rings. The van der Waals surface area contributed by atoms with Crippen molar-refractivity contribution in [1.82, 2.24) is 15.2 Å². The monoisotopic (exact) mass is 592 g/mol. The Labute approximate surface area is 251 Å². The molecular formula is C34H42F2N4O3. The number of aliphatic hydroxyl groups excluding tert-OH is 1. The number of aliphatic hydroxyl groups is 1. The van der Waals surface area contributed by atoms with Crippen molar-refractivity contribution < 1.29 is 23.5 Å². The number of allylic oxidation sites excluding steroid dienone is 2. The van der Waals surface area contributed by atoms with Crippen LogP contribution in [0.1, 0.15) is 51.2 Å². The zero-order valence-electron chi connectivity index (χ0n) is 25.1. The Morgan fingerprint density at radius 3 is 2.42 bits per heavy atom.